The smallest absolute Gasteiger partial charge is 0.258 e. The van der Waals surface area contributed by atoms with Crippen molar-refractivity contribution in [2.45, 2.75) is 20.4 Å². The fraction of sp³-hybridized carbons (Fsp3) is 0.250. The van der Waals surface area contributed by atoms with Gasteiger partial charge in [-0.2, -0.15) is 0 Å². The molecule has 1 aromatic carbocycles. The minimum atomic E-state index is -0.148. The molecular weight excluding hydrogens is 332 g/mol. The summed E-state index contributed by atoms with van der Waals surface area (Å²) in [6.07, 6.45) is 3.40. The van der Waals surface area contributed by atoms with E-state index >= 15 is 0 Å². The van der Waals surface area contributed by atoms with Crippen LogP contribution in [0.3, 0.4) is 0 Å². The van der Waals surface area contributed by atoms with Crippen LogP contribution in [0.5, 0.6) is 5.75 Å². The molecule has 1 N–H and O–H groups in total. The highest BCUT2D eigenvalue weighted by atomic mass is 79.9. The molecule has 0 bridgehead atoms. The van der Waals surface area contributed by atoms with Gasteiger partial charge in [0.1, 0.15) is 5.75 Å². The van der Waals surface area contributed by atoms with Crippen LogP contribution in [0.15, 0.2) is 41.1 Å². The molecule has 2 rings (SSSR count). The van der Waals surface area contributed by atoms with Crippen molar-refractivity contribution >= 4 is 21.8 Å². The Morgan fingerprint density at radius 3 is 2.48 bits per heavy atom. The van der Waals surface area contributed by atoms with Gasteiger partial charge < -0.3 is 10.1 Å². The number of pyridine rings is 1. The molecule has 0 saturated carbocycles. The molecule has 0 radical (unpaired) electrons. The lowest BCUT2D eigenvalue weighted by atomic mass is 10.1. The number of rotatable bonds is 5. The van der Waals surface area contributed by atoms with Gasteiger partial charge in [-0.3, -0.25) is 9.78 Å². The number of nitrogens with zero attached hydrogens (tertiary/aromatic N) is 1. The number of ether oxygens (including phenoxy) is 1. The van der Waals surface area contributed by atoms with E-state index in [4.69, 9.17) is 4.74 Å². The van der Waals surface area contributed by atoms with Crippen LogP contribution in [0.4, 0.5) is 0 Å². The zero-order valence-corrected chi connectivity index (χ0v) is 13.6. The van der Waals surface area contributed by atoms with Crippen LogP contribution in [0.25, 0.3) is 0 Å². The summed E-state index contributed by atoms with van der Waals surface area (Å²) in [4.78, 5) is 15.7. The third-order valence-corrected chi connectivity index (χ3v) is 4.27. The summed E-state index contributed by atoms with van der Waals surface area (Å²) in [5, 5.41) is 2.81. The average Bonchev–Trinajstić information content (AvgIpc) is 2.49. The fourth-order valence-electron chi connectivity index (χ4n) is 1.89. The maximum atomic E-state index is 11.8. The van der Waals surface area contributed by atoms with E-state index in [9.17, 15) is 4.79 Å². The largest absolute Gasteiger partial charge is 0.484 e. The van der Waals surface area contributed by atoms with Gasteiger partial charge in [-0.25, -0.2) is 0 Å². The van der Waals surface area contributed by atoms with Gasteiger partial charge >= 0.3 is 0 Å². The molecule has 0 aliphatic heterocycles. The Balaban J connectivity index is 1.84. The number of amides is 1. The van der Waals surface area contributed by atoms with E-state index in [0.717, 1.165) is 21.2 Å². The summed E-state index contributed by atoms with van der Waals surface area (Å²) in [5.41, 5.74) is 3.18. The maximum absolute atomic E-state index is 11.8. The Bertz CT molecular complexity index is 606. The van der Waals surface area contributed by atoms with Gasteiger partial charge in [-0.05, 0) is 54.8 Å². The molecule has 2 aromatic rings. The normalized spacial score (nSPS) is 10.2. The first kappa shape index (κ1) is 15.5. The van der Waals surface area contributed by atoms with E-state index in [0.29, 0.717) is 12.3 Å². The summed E-state index contributed by atoms with van der Waals surface area (Å²) in [6.45, 7) is 4.47. The Hall–Kier alpha value is -1.88. The highest BCUT2D eigenvalue weighted by Gasteiger charge is 2.06. The van der Waals surface area contributed by atoms with Gasteiger partial charge in [0, 0.05) is 23.4 Å². The van der Waals surface area contributed by atoms with Gasteiger partial charge in [0.25, 0.3) is 5.91 Å². The average molecular weight is 349 g/mol. The molecule has 0 atom stereocenters. The number of benzene rings is 1. The van der Waals surface area contributed by atoms with Gasteiger partial charge in [-0.15, -0.1) is 0 Å². The van der Waals surface area contributed by atoms with Crippen molar-refractivity contribution in [3.8, 4) is 5.75 Å². The van der Waals surface area contributed by atoms with E-state index < -0.39 is 0 Å². The fourth-order valence-corrected chi connectivity index (χ4v) is 2.12. The number of hydrogen-bond acceptors (Lipinski definition) is 3. The van der Waals surface area contributed by atoms with E-state index in [2.05, 4.69) is 26.2 Å². The second-order valence-electron chi connectivity index (χ2n) is 4.79. The predicted octanol–water partition coefficient (Wildman–Crippen LogP) is 3.16. The molecular formula is C16H17BrN2O2. The second-order valence-corrected chi connectivity index (χ2v) is 5.58. The standard InChI is InChI=1S/C16H17BrN2O2/c1-11-7-14(8-12(2)16(11)17)21-10-15(20)19-9-13-3-5-18-6-4-13/h3-8H,9-10H2,1-2H3,(H,19,20). The lowest BCUT2D eigenvalue weighted by molar-refractivity contribution is -0.123. The summed E-state index contributed by atoms with van der Waals surface area (Å²) < 4.78 is 6.59. The van der Waals surface area contributed by atoms with Gasteiger partial charge in [0.15, 0.2) is 6.61 Å². The maximum Gasteiger partial charge on any atom is 0.258 e. The number of nitrogens with one attached hydrogen (secondary N) is 1. The van der Waals surface area contributed by atoms with Crippen LogP contribution in [-0.2, 0) is 11.3 Å². The van der Waals surface area contributed by atoms with Gasteiger partial charge in [0.05, 0.1) is 0 Å². The monoisotopic (exact) mass is 348 g/mol. The third kappa shape index (κ3) is 4.56. The van der Waals surface area contributed by atoms with Crippen LogP contribution in [0.2, 0.25) is 0 Å². The molecule has 0 aliphatic carbocycles. The van der Waals surface area contributed by atoms with Crippen molar-refractivity contribution in [1.29, 1.82) is 0 Å². The van der Waals surface area contributed by atoms with Crippen LogP contribution in [0.1, 0.15) is 16.7 Å². The highest BCUT2D eigenvalue weighted by molar-refractivity contribution is 9.10. The number of aryl methyl sites for hydroxylation is 2. The topological polar surface area (TPSA) is 51.2 Å². The molecule has 0 fully saturated rings. The van der Waals surface area contributed by atoms with Crippen molar-refractivity contribution in [3.63, 3.8) is 0 Å². The van der Waals surface area contributed by atoms with Crippen molar-refractivity contribution in [1.82, 2.24) is 10.3 Å². The number of halogens is 1. The highest BCUT2D eigenvalue weighted by Crippen LogP contribution is 2.26. The molecule has 4 nitrogen and oxygen atoms in total. The summed E-state index contributed by atoms with van der Waals surface area (Å²) in [7, 11) is 0. The molecule has 0 spiro atoms. The summed E-state index contributed by atoms with van der Waals surface area (Å²) in [6, 6.07) is 7.55. The Morgan fingerprint density at radius 1 is 1.24 bits per heavy atom. The minimum Gasteiger partial charge on any atom is -0.484 e. The van der Waals surface area contributed by atoms with Crippen LogP contribution < -0.4 is 10.1 Å². The Morgan fingerprint density at radius 2 is 1.86 bits per heavy atom. The molecule has 1 amide bonds. The van der Waals surface area contributed by atoms with Gasteiger partial charge in [-0.1, -0.05) is 15.9 Å². The quantitative estimate of drug-likeness (QED) is 0.902. The molecule has 110 valence electrons. The van der Waals surface area contributed by atoms with Gasteiger partial charge in [0.2, 0.25) is 0 Å². The van der Waals surface area contributed by atoms with E-state index in [1.54, 1.807) is 12.4 Å². The minimum absolute atomic E-state index is 0.00555. The lowest BCUT2D eigenvalue weighted by Gasteiger charge is -2.10. The first-order valence-corrected chi connectivity index (χ1v) is 7.40. The van der Waals surface area contributed by atoms with E-state index in [-0.39, 0.29) is 12.5 Å². The molecule has 1 heterocycles. The number of carbonyl (C=O) groups is 1. The van der Waals surface area contributed by atoms with Crippen molar-refractivity contribution in [3.05, 3.63) is 57.8 Å². The summed E-state index contributed by atoms with van der Waals surface area (Å²) >= 11 is 3.50. The van der Waals surface area contributed by atoms with Crippen molar-refractivity contribution in [2.75, 3.05) is 6.61 Å². The SMILES string of the molecule is Cc1cc(OCC(=O)NCc2ccncc2)cc(C)c1Br. The predicted molar refractivity (Wildman–Crippen MR) is 85.2 cm³/mol. The molecule has 5 heteroatoms. The molecule has 21 heavy (non-hydrogen) atoms. The molecule has 0 aliphatic rings. The Kier molecular flexibility index (Phi) is 5.33. The number of hydrogen-bond donors (Lipinski definition) is 1. The number of carbonyl (C=O) groups excluding carboxylic acids is 1. The first-order chi connectivity index (χ1) is 10.1. The van der Waals surface area contributed by atoms with Crippen molar-refractivity contribution in [2.24, 2.45) is 0 Å². The van der Waals surface area contributed by atoms with Crippen LogP contribution in [-0.4, -0.2) is 17.5 Å². The van der Waals surface area contributed by atoms with Crippen LogP contribution >= 0.6 is 15.9 Å². The first-order valence-electron chi connectivity index (χ1n) is 6.61. The van der Waals surface area contributed by atoms with Crippen molar-refractivity contribution < 1.29 is 9.53 Å². The molecule has 0 unspecified atom stereocenters. The van der Waals surface area contributed by atoms with E-state index in [1.807, 2.05) is 38.1 Å². The third-order valence-electron chi connectivity index (χ3n) is 3.02. The second kappa shape index (κ2) is 7.22. The zero-order valence-electron chi connectivity index (χ0n) is 12.0. The number of aromatic nitrogens is 1. The Labute approximate surface area is 132 Å². The molecule has 0 saturated heterocycles. The molecule has 1 aromatic heterocycles. The zero-order chi connectivity index (χ0) is 15.2. The van der Waals surface area contributed by atoms with Crippen LogP contribution in [0, 0.1) is 13.8 Å². The summed E-state index contributed by atoms with van der Waals surface area (Å²) in [5.74, 6) is 0.553. The lowest BCUT2D eigenvalue weighted by Crippen LogP contribution is -2.28. The van der Waals surface area contributed by atoms with E-state index in [1.165, 1.54) is 0 Å².